The molecule has 0 saturated carbocycles. The predicted octanol–water partition coefficient (Wildman–Crippen LogP) is -2.98. The Labute approximate surface area is 107 Å². The molecule has 1 aliphatic rings. The van der Waals surface area contributed by atoms with Gasteiger partial charge in [0.15, 0.2) is 6.26 Å². The van der Waals surface area contributed by atoms with Crippen molar-refractivity contribution < 1.29 is 81.2 Å². The zero-order chi connectivity index (χ0) is 7.61. The van der Waals surface area contributed by atoms with Crippen LogP contribution in [0.3, 0.4) is 0 Å². The van der Waals surface area contributed by atoms with E-state index in [1.807, 2.05) is 0 Å². The van der Waals surface area contributed by atoms with E-state index in [1.54, 1.807) is 0 Å². The van der Waals surface area contributed by atoms with Gasteiger partial charge in [-0.05, 0) is 0 Å². The van der Waals surface area contributed by atoms with Crippen LogP contribution in [0.2, 0.25) is 0 Å². The molecule has 8 heteroatoms. The van der Waals surface area contributed by atoms with Crippen LogP contribution >= 0.6 is 7.82 Å². The fraction of sp³-hybridized carbons (Fsp3) is 0.333. The summed E-state index contributed by atoms with van der Waals surface area (Å²) >= 11 is 0. The molecular formula is C3H6KO6P. The smallest absolute Gasteiger partial charge is 1.00 e. The fourth-order valence-corrected chi connectivity index (χ4v) is 0.723. The molecule has 0 amide bonds. The van der Waals surface area contributed by atoms with E-state index >= 15 is 0 Å². The van der Waals surface area contributed by atoms with Gasteiger partial charge in [0.25, 0.3) is 0 Å². The SMILES string of the molecule is O=P(O)(O)OC1=COCO1.[H-].[K+]. The van der Waals surface area contributed by atoms with Crippen molar-refractivity contribution >= 4 is 7.82 Å². The molecule has 0 atom stereocenters. The van der Waals surface area contributed by atoms with Gasteiger partial charge < -0.3 is 15.4 Å². The van der Waals surface area contributed by atoms with Crippen molar-refractivity contribution in [2.75, 3.05) is 6.79 Å². The van der Waals surface area contributed by atoms with E-state index in [-0.39, 0.29) is 65.5 Å². The minimum atomic E-state index is -4.49. The van der Waals surface area contributed by atoms with Crippen LogP contribution < -0.4 is 51.4 Å². The van der Waals surface area contributed by atoms with Gasteiger partial charge in [-0.25, -0.2) is 4.57 Å². The molecule has 11 heavy (non-hydrogen) atoms. The van der Waals surface area contributed by atoms with Crippen molar-refractivity contribution in [1.82, 2.24) is 0 Å². The molecule has 0 radical (unpaired) electrons. The van der Waals surface area contributed by atoms with Crippen LogP contribution in [0.4, 0.5) is 0 Å². The molecule has 0 unspecified atom stereocenters. The van der Waals surface area contributed by atoms with Gasteiger partial charge in [0.2, 0.25) is 6.79 Å². The Kier molecular flexibility index (Phi) is 5.24. The Balaban J connectivity index is 0. The second-order valence-corrected chi connectivity index (χ2v) is 2.61. The maximum Gasteiger partial charge on any atom is 1.00 e. The molecule has 1 aliphatic heterocycles. The largest absolute Gasteiger partial charge is 1.00 e. The molecule has 6 nitrogen and oxygen atoms in total. The van der Waals surface area contributed by atoms with Crippen molar-refractivity contribution in [3.63, 3.8) is 0 Å². The Hall–Kier alpha value is 0.926. The summed E-state index contributed by atoms with van der Waals surface area (Å²) in [5, 5.41) is 0. The van der Waals surface area contributed by atoms with E-state index < -0.39 is 7.82 Å². The molecular weight excluding hydrogens is 202 g/mol. The minimum Gasteiger partial charge on any atom is -1.00 e. The third kappa shape index (κ3) is 5.21. The number of hydrogen-bond acceptors (Lipinski definition) is 4. The van der Waals surface area contributed by atoms with Crippen molar-refractivity contribution in [2.45, 2.75) is 0 Å². The molecule has 0 aromatic carbocycles. The molecule has 0 saturated heterocycles. The standard InChI is InChI=1S/C3H5O6P.K.H/c4-10(5,6)9-3-1-7-2-8-3;;/h1H,2H2,(H2,4,5,6);;/q;+1;-1. The van der Waals surface area contributed by atoms with Crippen LogP contribution in [0, 0.1) is 0 Å². The van der Waals surface area contributed by atoms with Crippen LogP contribution in [0.25, 0.3) is 0 Å². The van der Waals surface area contributed by atoms with Gasteiger partial charge in [0.05, 0.1) is 0 Å². The van der Waals surface area contributed by atoms with Gasteiger partial charge in [0.1, 0.15) is 0 Å². The summed E-state index contributed by atoms with van der Waals surface area (Å²) in [6, 6.07) is 0. The maximum absolute atomic E-state index is 10.1. The number of rotatable bonds is 2. The monoisotopic (exact) mass is 208 g/mol. The molecule has 2 N–H and O–H groups in total. The van der Waals surface area contributed by atoms with Gasteiger partial charge in [-0.15, -0.1) is 0 Å². The summed E-state index contributed by atoms with van der Waals surface area (Å²) in [4.78, 5) is 16.4. The first-order valence-corrected chi connectivity index (χ1v) is 3.81. The molecule has 0 aliphatic carbocycles. The second kappa shape index (κ2) is 4.83. The van der Waals surface area contributed by atoms with Crippen LogP contribution in [0.5, 0.6) is 0 Å². The molecule has 0 aromatic heterocycles. The van der Waals surface area contributed by atoms with E-state index in [0.717, 1.165) is 6.26 Å². The van der Waals surface area contributed by atoms with Crippen LogP contribution in [0.15, 0.2) is 12.2 Å². The third-order valence-electron chi connectivity index (χ3n) is 0.658. The second-order valence-electron chi connectivity index (χ2n) is 1.45. The first kappa shape index (κ1) is 11.9. The van der Waals surface area contributed by atoms with Crippen LogP contribution in [-0.4, -0.2) is 16.6 Å². The van der Waals surface area contributed by atoms with Gasteiger partial charge in [-0.1, -0.05) is 0 Å². The van der Waals surface area contributed by atoms with E-state index in [9.17, 15) is 4.57 Å². The molecule has 0 spiro atoms. The number of phosphoric acid groups is 1. The molecule has 0 fully saturated rings. The summed E-state index contributed by atoms with van der Waals surface area (Å²) in [6.45, 7) is -0.0741. The zero-order valence-electron chi connectivity index (χ0n) is 6.76. The maximum atomic E-state index is 10.1. The average molecular weight is 208 g/mol. The van der Waals surface area contributed by atoms with Crippen LogP contribution in [-0.2, 0) is 18.6 Å². The summed E-state index contributed by atoms with van der Waals surface area (Å²) in [7, 11) is -4.49. The summed E-state index contributed by atoms with van der Waals surface area (Å²) in [5.74, 6) is -0.298. The van der Waals surface area contributed by atoms with Crippen molar-refractivity contribution in [2.24, 2.45) is 0 Å². The first-order chi connectivity index (χ1) is 4.58. The third-order valence-corrected chi connectivity index (χ3v) is 1.08. The zero-order valence-corrected chi connectivity index (χ0v) is 9.78. The van der Waals surface area contributed by atoms with Gasteiger partial charge in [0, 0.05) is 0 Å². The van der Waals surface area contributed by atoms with E-state index in [4.69, 9.17) is 9.79 Å². The van der Waals surface area contributed by atoms with E-state index in [1.165, 1.54) is 0 Å². The number of ether oxygens (including phenoxy) is 2. The van der Waals surface area contributed by atoms with Crippen molar-refractivity contribution in [3.05, 3.63) is 12.2 Å². The number of phosphoric ester groups is 1. The first-order valence-electron chi connectivity index (χ1n) is 2.28. The topological polar surface area (TPSA) is 85.2 Å². The average Bonchev–Trinajstić information content (AvgIpc) is 2.12. The molecule has 0 bridgehead atoms. The van der Waals surface area contributed by atoms with Crippen molar-refractivity contribution in [1.29, 1.82) is 0 Å². The summed E-state index contributed by atoms with van der Waals surface area (Å²) < 4.78 is 23.0. The van der Waals surface area contributed by atoms with Gasteiger partial charge in [-0.3, -0.25) is 9.79 Å². The summed E-state index contributed by atoms with van der Waals surface area (Å²) in [5.41, 5.74) is 0. The number of hydrogen-bond donors (Lipinski definition) is 2. The Morgan fingerprint density at radius 3 is 2.73 bits per heavy atom. The van der Waals surface area contributed by atoms with E-state index in [0.29, 0.717) is 0 Å². The molecule has 0 aromatic rings. The van der Waals surface area contributed by atoms with Gasteiger partial charge >= 0.3 is 65.2 Å². The van der Waals surface area contributed by atoms with Crippen LogP contribution in [0.1, 0.15) is 1.43 Å². The van der Waals surface area contributed by atoms with Gasteiger partial charge in [-0.2, -0.15) is 0 Å². The Morgan fingerprint density at radius 2 is 2.36 bits per heavy atom. The van der Waals surface area contributed by atoms with Crippen molar-refractivity contribution in [3.8, 4) is 0 Å². The Morgan fingerprint density at radius 1 is 1.73 bits per heavy atom. The van der Waals surface area contributed by atoms with E-state index in [2.05, 4.69) is 14.0 Å². The molecule has 1 rings (SSSR count). The molecule has 60 valence electrons. The normalized spacial score (nSPS) is 15.6. The summed E-state index contributed by atoms with van der Waals surface area (Å²) in [6.07, 6.45) is 0.985. The molecule has 1 heterocycles. The predicted molar refractivity (Wildman–Crippen MR) is 29.4 cm³/mol. The quantitative estimate of drug-likeness (QED) is 0.372. The Bertz CT molecular complexity index is 201. The minimum absolute atomic E-state index is 0. The fourth-order valence-electron chi connectivity index (χ4n) is 0.393.